The Morgan fingerprint density at radius 1 is 0.857 bits per heavy atom. The van der Waals surface area contributed by atoms with Crippen LogP contribution in [0.4, 0.5) is 0 Å². The van der Waals surface area contributed by atoms with Crippen LogP contribution in [-0.4, -0.2) is 38.5 Å². The van der Waals surface area contributed by atoms with Gasteiger partial charge in [0.05, 0.1) is 19.3 Å². The van der Waals surface area contributed by atoms with Crippen LogP contribution in [0.2, 0.25) is 0 Å². The van der Waals surface area contributed by atoms with Gasteiger partial charge in [0.2, 0.25) is 0 Å². The average Bonchev–Trinajstić information content (AvgIpc) is 2.45. The van der Waals surface area contributed by atoms with Crippen molar-refractivity contribution in [1.29, 1.82) is 0 Å². The first kappa shape index (κ1) is 20.4. The van der Waals surface area contributed by atoms with E-state index in [1.807, 2.05) is 6.92 Å². The second kappa shape index (κ2) is 15.8. The van der Waals surface area contributed by atoms with Crippen LogP contribution in [0, 0.1) is 0 Å². The van der Waals surface area contributed by atoms with Crippen molar-refractivity contribution in [3.63, 3.8) is 0 Å². The van der Waals surface area contributed by atoms with E-state index in [0.29, 0.717) is 26.2 Å². The summed E-state index contributed by atoms with van der Waals surface area (Å²) in [6, 6.07) is 0. The fourth-order valence-corrected chi connectivity index (χ4v) is 1.91. The zero-order valence-corrected chi connectivity index (χ0v) is 14.2. The van der Waals surface area contributed by atoms with Gasteiger partial charge in [-0.15, -0.1) is 0 Å². The van der Waals surface area contributed by atoms with E-state index in [-0.39, 0.29) is 12.1 Å². The maximum Gasteiger partial charge on any atom is 0.306 e. The van der Waals surface area contributed by atoms with Crippen molar-refractivity contribution in [2.24, 2.45) is 0 Å². The number of unbranched alkanes of at least 4 members (excludes halogenated alkanes) is 3. The standard InChI is InChI=1S/C17H34O4/c1-4-6-8-10-16(3)21-17(18)11-9-13-20-15-14-19-12-7-5-2/h16H,4-15H2,1-3H3. The molecule has 4 heteroatoms. The van der Waals surface area contributed by atoms with Crippen LogP contribution in [0.1, 0.15) is 72.1 Å². The van der Waals surface area contributed by atoms with Crippen molar-refractivity contribution in [2.75, 3.05) is 26.4 Å². The molecule has 0 aromatic rings. The van der Waals surface area contributed by atoms with Gasteiger partial charge in [0.15, 0.2) is 0 Å². The molecule has 0 radical (unpaired) electrons. The summed E-state index contributed by atoms with van der Waals surface area (Å²) >= 11 is 0. The number of carbonyl (C=O) groups is 1. The van der Waals surface area contributed by atoms with Crippen LogP contribution in [0.15, 0.2) is 0 Å². The molecule has 0 N–H and O–H groups in total. The van der Waals surface area contributed by atoms with E-state index in [0.717, 1.165) is 38.7 Å². The lowest BCUT2D eigenvalue weighted by molar-refractivity contribution is -0.148. The number of hydrogen-bond acceptors (Lipinski definition) is 4. The lowest BCUT2D eigenvalue weighted by Crippen LogP contribution is -2.15. The van der Waals surface area contributed by atoms with Crippen molar-refractivity contribution in [2.45, 2.75) is 78.2 Å². The summed E-state index contributed by atoms with van der Waals surface area (Å²) in [7, 11) is 0. The Hall–Kier alpha value is -0.610. The predicted molar refractivity (Wildman–Crippen MR) is 85.5 cm³/mol. The lowest BCUT2D eigenvalue weighted by Gasteiger charge is -2.13. The predicted octanol–water partition coefficient (Wildman–Crippen LogP) is 4.11. The highest BCUT2D eigenvalue weighted by Crippen LogP contribution is 2.07. The maximum atomic E-state index is 11.6. The van der Waals surface area contributed by atoms with E-state index in [9.17, 15) is 4.79 Å². The molecule has 1 unspecified atom stereocenters. The van der Waals surface area contributed by atoms with Crippen LogP contribution in [-0.2, 0) is 19.0 Å². The van der Waals surface area contributed by atoms with E-state index in [1.165, 1.54) is 12.8 Å². The Morgan fingerprint density at radius 2 is 1.48 bits per heavy atom. The third kappa shape index (κ3) is 15.6. The Morgan fingerprint density at radius 3 is 2.10 bits per heavy atom. The SMILES string of the molecule is CCCCCC(C)OC(=O)CCCOCCOCCCC. The Balaban J connectivity index is 3.29. The first-order valence-electron chi connectivity index (χ1n) is 8.55. The first-order chi connectivity index (χ1) is 10.2. The van der Waals surface area contributed by atoms with Gasteiger partial charge in [-0.1, -0.05) is 33.1 Å². The minimum absolute atomic E-state index is 0.0388. The number of hydrogen-bond donors (Lipinski definition) is 0. The van der Waals surface area contributed by atoms with Crippen LogP contribution in [0.25, 0.3) is 0 Å². The van der Waals surface area contributed by atoms with Crippen LogP contribution < -0.4 is 0 Å². The molecule has 0 bridgehead atoms. The minimum atomic E-state index is -0.109. The van der Waals surface area contributed by atoms with Gasteiger partial charge < -0.3 is 14.2 Å². The molecule has 0 saturated heterocycles. The Bertz CT molecular complexity index is 231. The molecule has 0 rings (SSSR count). The van der Waals surface area contributed by atoms with Gasteiger partial charge in [0.25, 0.3) is 0 Å². The highest BCUT2D eigenvalue weighted by atomic mass is 16.5. The third-order valence-electron chi connectivity index (χ3n) is 3.23. The van der Waals surface area contributed by atoms with Crippen LogP contribution in [0.5, 0.6) is 0 Å². The summed E-state index contributed by atoms with van der Waals surface area (Å²) < 4.78 is 16.2. The molecule has 126 valence electrons. The summed E-state index contributed by atoms with van der Waals surface area (Å²) in [4.78, 5) is 11.6. The molecule has 1 atom stereocenters. The molecule has 0 spiro atoms. The second-order valence-electron chi connectivity index (χ2n) is 5.48. The third-order valence-corrected chi connectivity index (χ3v) is 3.23. The molecule has 0 aromatic heterocycles. The summed E-state index contributed by atoms with van der Waals surface area (Å²) in [6.45, 7) is 8.93. The zero-order valence-electron chi connectivity index (χ0n) is 14.2. The molecular weight excluding hydrogens is 268 g/mol. The van der Waals surface area contributed by atoms with Gasteiger partial charge >= 0.3 is 5.97 Å². The van der Waals surface area contributed by atoms with Gasteiger partial charge in [-0.05, 0) is 32.6 Å². The van der Waals surface area contributed by atoms with Crippen LogP contribution >= 0.6 is 0 Å². The van der Waals surface area contributed by atoms with E-state index in [1.54, 1.807) is 0 Å². The fourth-order valence-electron chi connectivity index (χ4n) is 1.91. The molecule has 0 saturated carbocycles. The summed E-state index contributed by atoms with van der Waals surface area (Å²) in [5.74, 6) is -0.109. The molecule has 0 aromatic carbocycles. The Labute approximate surface area is 130 Å². The normalized spacial score (nSPS) is 12.3. The molecule has 0 fully saturated rings. The molecule has 0 heterocycles. The molecule has 4 nitrogen and oxygen atoms in total. The van der Waals surface area contributed by atoms with E-state index in [2.05, 4.69) is 13.8 Å². The summed E-state index contributed by atoms with van der Waals surface area (Å²) in [5, 5.41) is 0. The Kier molecular flexibility index (Phi) is 15.3. The van der Waals surface area contributed by atoms with Crippen molar-refractivity contribution in [1.82, 2.24) is 0 Å². The van der Waals surface area contributed by atoms with Crippen LogP contribution in [0.3, 0.4) is 0 Å². The summed E-state index contributed by atoms with van der Waals surface area (Å²) in [5.41, 5.74) is 0. The van der Waals surface area contributed by atoms with Gasteiger partial charge in [0.1, 0.15) is 0 Å². The maximum absolute atomic E-state index is 11.6. The highest BCUT2D eigenvalue weighted by Gasteiger charge is 2.08. The molecule has 0 aliphatic heterocycles. The van der Waals surface area contributed by atoms with Gasteiger partial charge in [-0.25, -0.2) is 0 Å². The average molecular weight is 302 g/mol. The largest absolute Gasteiger partial charge is 0.463 e. The van der Waals surface area contributed by atoms with E-state index in [4.69, 9.17) is 14.2 Å². The first-order valence-corrected chi connectivity index (χ1v) is 8.55. The molecule has 21 heavy (non-hydrogen) atoms. The smallest absolute Gasteiger partial charge is 0.306 e. The fraction of sp³-hybridized carbons (Fsp3) is 0.941. The number of rotatable bonds is 15. The molecule has 0 aliphatic rings. The highest BCUT2D eigenvalue weighted by molar-refractivity contribution is 5.69. The van der Waals surface area contributed by atoms with Gasteiger partial charge in [-0.2, -0.15) is 0 Å². The van der Waals surface area contributed by atoms with Crippen molar-refractivity contribution in [3.05, 3.63) is 0 Å². The number of ether oxygens (including phenoxy) is 3. The lowest BCUT2D eigenvalue weighted by atomic mass is 10.1. The van der Waals surface area contributed by atoms with Gasteiger partial charge in [-0.3, -0.25) is 4.79 Å². The van der Waals surface area contributed by atoms with Gasteiger partial charge in [0, 0.05) is 19.6 Å². The molecular formula is C17H34O4. The van der Waals surface area contributed by atoms with Crippen molar-refractivity contribution in [3.8, 4) is 0 Å². The second-order valence-corrected chi connectivity index (χ2v) is 5.48. The monoisotopic (exact) mass is 302 g/mol. The van der Waals surface area contributed by atoms with E-state index < -0.39 is 0 Å². The van der Waals surface area contributed by atoms with Crippen molar-refractivity contribution >= 4 is 5.97 Å². The zero-order chi connectivity index (χ0) is 15.8. The number of carbonyl (C=O) groups excluding carboxylic acids is 1. The minimum Gasteiger partial charge on any atom is -0.463 e. The van der Waals surface area contributed by atoms with Crippen molar-refractivity contribution < 1.29 is 19.0 Å². The topological polar surface area (TPSA) is 44.8 Å². The van der Waals surface area contributed by atoms with E-state index >= 15 is 0 Å². The molecule has 0 amide bonds. The number of esters is 1. The quantitative estimate of drug-likeness (QED) is 0.337. The molecule has 0 aliphatic carbocycles. The summed E-state index contributed by atoms with van der Waals surface area (Å²) in [6.07, 6.45) is 7.94.